The first-order valence-corrected chi connectivity index (χ1v) is 12.1. The second-order valence-electron chi connectivity index (χ2n) is 9.14. The molecule has 3 aromatic rings. The highest BCUT2D eigenvalue weighted by Gasteiger charge is 2.22. The number of aryl methyl sites for hydroxylation is 1. The lowest BCUT2D eigenvalue weighted by Crippen LogP contribution is -2.40. The highest BCUT2D eigenvalue weighted by Crippen LogP contribution is 2.20. The summed E-state index contributed by atoms with van der Waals surface area (Å²) in [6.45, 7) is 4.80. The first-order chi connectivity index (χ1) is 16.5. The molecule has 34 heavy (non-hydrogen) atoms. The fraction of sp³-hybridized carbons (Fsp3) is 0.444. The molecule has 4 rings (SSSR count). The molecule has 180 valence electrons. The molecule has 1 aliphatic rings. The smallest absolute Gasteiger partial charge is 0.242 e. The normalized spacial score (nSPS) is 14.4. The molecule has 0 unspecified atom stereocenters. The molecule has 0 atom stereocenters. The van der Waals surface area contributed by atoms with E-state index in [2.05, 4.69) is 16.8 Å². The Kier molecular flexibility index (Phi) is 7.83. The maximum Gasteiger partial charge on any atom is 0.242 e. The lowest BCUT2D eigenvalue weighted by Gasteiger charge is -2.30. The zero-order valence-corrected chi connectivity index (χ0v) is 20.1. The Bertz CT molecular complexity index is 1110. The Balaban J connectivity index is 1.33. The third-order valence-electron chi connectivity index (χ3n) is 6.59. The highest BCUT2D eigenvalue weighted by molar-refractivity contribution is 5.81. The summed E-state index contributed by atoms with van der Waals surface area (Å²) >= 11 is 0. The van der Waals surface area contributed by atoms with Crippen molar-refractivity contribution in [3.63, 3.8) is 0 Å². The number of para-hydroxylation sites is 2. The van der Waals surface area contributed by atoms with Crippen LogP contribution in [0.5, 0.6) is 5.75 Å². The van der Waals surface area contributed by atoms with Crippen molar-refractivity contribution in [1.82, 2.24) is 19.8 Å². The number of carbonyl (C=O) groups excluding carboxylic acids is 2. The summed E-state index contributed by atoms with van der Waals surface area (Å²) in [4.78, 5) is 32.1. The summed E-state index contributed by atoms with van der Waals surface area (Å²) in [5, 5.41) is 3.00. The van der Waals surface area contributed by atoms with Gasteiger partial charge in [0.15, 0.2) is 0 Å². The van der Waals surface area contributed by atoms with Crippen LogP contribution in [0.4, 0.5) is 0 Å². The Morgan fingerprint density at radius 2 is 1.82 bits per heavy atom. The maximum absolute atomic E-state index is 13.0. The molecule has 1 aromatic heterocycles. The molecule has 0 radical (unpaired) electrons. The predicted molar refractivity (Wildman–Crippen MR) is 133 cm³/mol. The number of likely N-dealkylation sites (tertiary alicyclic amines) is 1. The number of fused-ring (bicyclic) bond motifs is 1. The van der Waals surface area contributed by atoms with Crippen molar-refractivity contribution < 1.29 is 14.3 Å². The Hall–Kier alpha value is -3.35. The number of aromatic nitrogens is 2. The molecule has 0 aliphatic carbocycles. The predicted octanol–water partition coefficient (Wildman–Crippen LogP) is 3.59. The number of hydrogen-bond acceptors (Lipinski definition) is 4. The van der Waals surface area contributed by atoms with Crippen LogP contribution in [0.3, 0.4) is 0 Å². The molecule has 7 nitrogen and oxygen atoms in total. The summed E-state index contributed by atoms with van der Waals surface area (Å²) in [5.74, 6) is 2.51. The van der Waals surface area contributed by atoms with Crippen molar-refractivity contribution in [2.75, 3.05) is 26.7 Å². The molecule has 0 spiro atoms. The van der Waals surface area contributed by atoms with Crippen molar-refractivity contribution >= 4 is 22.8 Å². The highest BCUT2D eigenvalue weighted by atomic mass is 16.5. The van der Waals surface area contributed by atoms with Crippen molar-refractivity contribution in [2.45, 2.75) is 45.6 Å². The van der Waals surface area contributed by atoms with Gasteiger partial charge in [-0.25, -0.2) is 4.98 Å². The molecule has 1 fully saturated rings. The first kappa shape index (κ1) is 23.8. The molecule has 1 aliphatic heterocycles. The van der Waals surface area contributed by atoms with Crippen LogP contribution in [-0.4, -0.2) is 53.0 Å². The van der Waals surface area contributed by atoms with Crippen LogP contribution in [-0.2, 0) is 29.0 Å². The van der Waals surface area contributed by atoms with Crippen molar-refractivity contribution in [3.8, 4) is 5.75 Å². The van der Waals surface area contributed by atoms with Gasteiger partial charge in [0.25, 0.3) is 0 Å². The first-order valence-electron chi connectivity index (χ1n) is 12.1. The number of carbonyl (C=O) groups is 2. The van der Waals surface area contributed by atoms with Gasteiger partial charge in [-0.2, -0.15) is 0 Å². The lowest BCUT2D eigenvalue weighted by molar-refractivity contribution is -0.133. The standard InChI is InChI=1S/C27H34N4O3/c1-20-13-16-30(17-14-20)27(33)19-31-24-7-4-3-6-23(24)29-25(31)8-5-15-28-26(32)18-21-9-11-22(34-2)12-10-21/h3-4,6-7,9-12,20H,5,8,13-19H2,1-2H3,(H,28,32). The summed E-state index contributed by atoms with van der Waals surface area (Å²) < 4.78 is 7.21. The minimum atomic E-state index is -0.00632. The molecular weight excluding hydrogens is 428 g/mol. The van der Waals surface area contributed by atoms with E-state index in [1.807, 2.05) is 53.4 Å². The number of benzene rings is 2. The molecule has 1 N–H and O–H groups in total. The molecule has 0 bridgehead atoms. The third kappa shape index (κ3) is 5.95. The second kappa shape index (κ2) is 11.2. The number of nitrogens with one attached hydrogen (secondary N) is 1. The van der Waals surface area contributed by atoms with Gasteiger partial charge in [0.1, 0.15) is 18.1 Å². The minimum absolute atomic E-state index is 0.00632. The quantitative estimate of drug-likeness (QED) is 0.493. The Morgan fingerprint density at radius 3 is 2.56 bits per heavy atom. The number of methoxy groups -OCH3 is 1. The van der Waals surface area contributed by atoms with Crippen LogP contribution < -0.4 is 10.1 Å². The SMILES string of the molecule is COc1ccc(CC(=O)NCCCc2nc3ccccc3n2CC(=O)N2CCC(C)CC2)cc1. The van der Waals surface area contributed by atoms with Gasteiger partial charge >= 0.3 is 0 Å². The fourth-order valence-corrected chi connectivity index (χ4v) is 4.45. The minimum Gasteiger partial charge on any atom is -0.497 e. The molecular formula is C27H34N4O3. The van der Waals surface area contributed by atoms with Crippen molar-refractivity contribution in [1.29, 1.82) is 0 Å². The lowest BCUT2D eigenvalue weighted by atomic mass is 9.99. The van der Waals surface area contributed by atoms with Crippen LogP contribution in [0.25, 0.3) is 11.0 Å². The fourth-order valence-electron chi connectivity index (χ4n) is 4.45. The number of ether oxygens (including phenoxy) is 1. The van der Waals surface area contributed by atoms with Crippen LogP contribution in [0.15, 0.2) is 48.5 Å². The van der Waals surface area contributed by atoms with E-state index in [0.717, 1.165) is 60.5 Å². The number of imidazole rings is 1. The number of hydrogen-bond donors (Lipinski definition) is 1. The average Bonchev–Trinajstić information content (AvgIpc) is 3.20. The van der Waals surface area contributed by atoms with Crippen LogP contribution in [0.2, 0.25) is 0 Å². The molecule has 2 heterocycles. The van der Waals surface area contributed by atoms with E-state index in [0.29, 0.717) is 31.8 Å². The van der Waals surface area contributed by atoms with Gasteiger partial charge in [0.05, 0.1) is 24.6 Å². The van der Waals surface area contributed by atoms with E-state index in [1.165, 1.54) is 0 Å². The third-order valence-corrected chi connectivity index (χ3v) is 6.59. The summed E-state index contributed by atoms with van der Waals surface area (Å²) in [6, 6.07) is 15.5. The molecule has 2 amide bonds. The van der Waals surface area contributed by atoms with Crippen LogP contribution in [0, 0.1) is 5.92 Å². The topological polar surface area (TPSA) is 76.5 Å². The number of piperidine rings is 1. The number of rotatable bonds is 9. The van der Waals surface area contributed by atoms with Crippen molar-refractivity contribution in [3.05, 3.63) is 59.9 Å². The molecule has 2 aromatic carbocycles. The van der Waals surface area contributed by atoms with E-state index < -0.39 is 0 Å². The van der Waals surface area contributed by atoms with Crippen molar-refractivity contribution in [2.24, 2.45) is 5.92 Å². The monoisotopic (exact) mass is 462 g/mol. The van der Waals surface area contributed by atoms with Gasteiger partial charge in [0.2, 0.25) is 11.8 Å². The zero-order valence-electron chi connectivity index (χ0n) is 20.1. The van der Waals surface area contributed by atoms with E-state index >= 15 is 0 Å². The maximum atomic E-state index is 13.0. The van der Waals surface area contributed by atoms with E-state index in [9.17, 15) is 9.59 Å². The Morgan fingerprint density at radius 1 is 1.09 bits per heavy atom. The van der Waals surface area contributed by atoms with E-state index in [-0.39, 0.29) is 11.8 Å². The number of amides is 2. The van der Waals surface area contributed by atoms with Gasteiger partial charge in [-0.1, -0.05) is 31.2 Å². The molecule has 1 saturated heterocycles. The molecule has 0 saturated carbocycles. The van der Waals surface area contributed by atoms with E-state index in [4.69, 9.17) is 9.72 Å². The Labute approximate surface area is 201 Å². The van der Waals surface area contributed by atoms with Gasteiger partial charge < -0.3 is 19.5 Å². The zero-order chi connectivity index (χ0) is 23.9. The van der Waals surface area contributed by atoms with Gasteiger partial charge in [-0.15, -0.1) is 0 Å². The van der Waals surface area contributed by atoms with Gasteiger partial charge in [0, 0.05) is 26.1 Å². The average molecular weight is 463 g/mol. The summed E-state index contributed by atoms with van der Waals surface area (Å²) in [5.41, 5.74) is 2.84. The van der Waals surface area contributed by atoms with Gasteiger partial charge in [-0.3, -0.25) is 9.59 Å². The van der Waals surface area contributed by atoms with Crippen LogP contribution in [0.1, 0.15) is 37.6 Å². The summed E-state index contributed by atoms with van der Waals surface area (Å²) in [6.07, 6.45) is 3.93. The van der Waals surface area contributed by atoms with Crippen LogP contribution >= 0.6 is 0 Å². The van der Waals surface area contributed by atoms with Gasteiger partial charge in [-0.05, 0) is 55.0 Å². The van der Waals surface area contributed by atoms with E-state index in [1.54, 1.807) is 7.11 Å². The largest absolute Gasteiger partial charge is 0.497 e. The number of nitrogens with zero attached hydrogens (tertiary/aromatic N) is 3. The summed E-state index contributed by atoms with van der Waals surface area (Å²) in [7, 11) is 1.62. The molecule has 7 heteroatoms. The second-order valence-corrected chi connectivity index (χ2v) is 9.14.